The van der Waals surface area contributed by atoms with Gasteiger partial charge in [-0.2, -0.15) is 11.8 Å². The minimum Gasteiger partial charge on any atom is -0.389 e. The van der Waals surface area contributed by atoms with Crippen LogP contribution in [0.5, 0.6) is 0 Å². The molecule has 3 saturated heterocycles. The number of thiocarbonyl (C=S) groups is 1. The van der Waals surface area contributed by atoms with Gasteiger partial charge in [-0.05, 0) is 62.3 Å². The Labute approximate surface area is 316 Å². The molecule has 0 bridgehead atoms. The molecule has 6 rings (SSSR count). The van der Waals surface area contributed by atoms with Crippen LogP contribution in [0.3, 0.4) is 0 Å². The van der Waals surface area contributed by atoms with Crippen molar-refractivity contribution in [1.82, 2.24) is 24.8 Å². The number of sulfonamides is 1. The van der Waals surface area contributed by atoms with Gasteiger partial charge in [0, 0.05) is 90.0 Å². The summed E-state index contributed by atoms with van der Waals surface area (Å²) >= 11 is 7.17. The molecule has 1 aromatic heterocycles. The molecule has 2 amide bonds. The van der Waals surface area contributed by atoms with E-state index in [1.54, 1.807) is 0 Å². The number of rotatable bonds is 16. The molecule has 282 valence electrons. The highest BCUT2D eigenvalue weighted by molar-refractivity contribution is 8.00. The number of nitrogens with two attached hydrogens (primary N) is 1. The molecule has 2 aromatic carbocycles. The SMILES string of the molecule is CS(=O)(=O)N1CCC(n2cc(-c3cccc(C(N)=S)c3)c3ccc(NC(=O)CCCCCNC(=O)CCCC[C@@H]4SC[C@@H]5NC(O)N[C@@H]54)cc32)CC1. The Hall–Kier alpha value is -3.05. The zero-order chi connectivity index (χ0) is 36.8. The average Bonchev–Trinajstić information content (AvgIpc) is 3.80. The van der Waals surface area contributed by atoms with Crippen molar-refractivity contribution in [2.75, 3.05) is 37.0 Å². The average molecular weight is 770 g/mol. The number of aliphatic hydroxyl groups is 1. The first-order valence-corrected chi connectivity index (χ1v) is 21.6. The third-order valence-corrected chi connectivity index (χ3v) is 13.5. The largest absolute Gasteiger partial charge is 0.389 e. The fourth-order valence-electron chi connectivity index (χ4n) is 7.68. The molecule has 7 N–H and O–H groups in total. The van der Waals surface area contributed by atoms with Crippen molar-refractivity contribution in [3.05, 3.63) is 54.2 Å². The van der Waals surface area contributed by atoms with Crippen LogP contribution in [0.2, 0.25) is 0 Å². The molecule has 12 nitrogen and oxygen atoms in total. The molecule has 0 spiro atoms. The zero-order valence-corrected chi connectivity index (χ0v) is 32.1. The van der Waals surface area contributed by atoms with Gasteiger partial charge in [0.05, 0.1) is 11.8 Å². The Kier molecular flexibility index (Phi) is 12.9. The maximum Gasteiger partial charge on any atom is 0.224 e. The monoisotopic (exact) mass is 769 g/mol. The van der Waals surface area contributed by atoms with Gasteiger partial charge in [-0.15, -0.1) is 0 Å². The molecule has 15 heteroatoms. The van der Waals surface area contributed by atoms with E-state index in [-0.39, 0.29) is 17.9 Å². The van der Waals surface area contributed by atoms with Gasteiger partial charge in [-0.25, -0.2) is 12.7 Å². The number of fused-ring (bicyclic) bond motifs is 2. The van der Waals surface area contributed by atoms with Crippen LogP contribution in [0.25, 0.3) is 22.0 Å². The van der Waals surface area contributed by atoms with Crippen molar-refractivity contribution >= 4 is 67.4 Å². The number of piperidine rings is 1. The lowest BCUT2D eigenvalue weighted by atomic mass is 10.0. The smallest absolute Gasteiger partial charge is 0.224 e. The highest BCUT2D eigenvalue weighted by atomic mass is 32.2. The third-order valence-electron chi connectivity index (χ3n) is 10.5. The normalized spacial score (nSPS) is 22.4. The van der Waals surface area contributed by atoms with Crippen molar-refractivity contribution in [1.29, 1.82) is 0 Å². The summed E-state index contributed by atoms with van der Waals surface area (Å²) in [6.45, 7) is 1.52. The molecule has 4 heterocycles. The maximum atomic E-state index is 13.0. The number of thioether (sulfide) groups is 1. The molecular formula is C37H51N7O5S3. The van der Waals surface area contributed by atoms with Gasteiger partial charge in [-0.1, -0.05) is 49.3 Å². The number of carbonyl (C=O) groups is 2. The summed E-state index contributed by atoms with van der Waals surface area (Å²) in [5, 5.41) is 23.7. The summed E-state index contributed by atoms with van der Waals surface area (Å²) < 4.78 is 28.1. The topological polar surface area (TPSA) is 171 Å². The molecule has 0 aliphatic carbocycles. The Balaban J connectivity index is 0.970. The number of aliphatic hydroxyl groups excluding tert-OH is 1. The van der Waals surface area contributed by atoms with Gasteiger partial charge in [0.2, 0.25) is 21.8 Å². The fraction of sp³-hybridized carbons (Fsp3) is 0.541. The molecule has 0 saturated carbocycles. The predicted molar refractivity (Wildman–Crippen MR) is 213 cm³/mol. The van der Waals surface area contributed by atoms with Crippen molar-refractivity contribution < 1.29 is 23.1 Å². The molecular weight excluding hydrogens is 719 g/mol. The highest BCUT2D eigenvalue weighted by Gasteiger charge is 2.42. The molecule has 1 unspecified atom stereocenters. The summed E-state index contributed by atoms with van der Waals surface area (Å²) in [6.07, 6.45) is 10.3. The van der Waals surface area contributed by atoms with Crippen LogP contribution >= 0.6 is 24.0 Å². The first-order chi connectivity index (χ1) is 25.0. The summed E-state index contributed by atoms with van der Waals surface area (Å²) in [6, 6.07) is 14.5. The Morgan fingerprint density at radius 2 is 1.79 bits per heavy atom. The minimum absolute atomic E-state index is 0.0582. The van der Waals surface area contributed by atoms with E-state index in [2.05, 4.69) is 32.0 Å². The van der Waals surface area contributed by atoms with Gasteiger partial charge in [0.1, 0.15) is 4.99 Å². The first-order valence-electron chi connectivity index (χ1n) is 18.3. The predicted octanol–water partition coefficient (Wildman–Crippen LogP) is 4.04. The van der Waals surface area contributed by atoms with Crippen LogP contribution < -0.4 is 27.0 Å². The van der Waals surface area contributed by atoms with Crippen molar-refractivity contribution in [2.45, 2.75) is 93.9 Å². The number of aromatic nitrogens is 1. The van der Waals surface area contributed by atoms with Crippen LogP contribution in [-0.2, 0) is 19.6 Å². The van der Waals surface area contributed by atoms with E-state index in [1.807, 2.05) is 54.2 Å². The van der Waals surface area contributed by atoms with Crippen LogP contribution in [0.4, 0.5) is 5.69 Å². The van der Waals surface area contributed by atoms with Crippen molar-refractivity contribution in [3.63, 3.8) is 0 Å². The lowest BCUT2D eigenvalue weighted by Crippen LogP contribution is -2.38. The molecule has 3 aromatic rings. The van der Waals surface area contributed by atoms with Gasteiger partial charge < -0.3 is 26.0 Å². The standard InChI is InChI=1S/C37H51N7O5S3/c1-52(48,49)43-18-15-27(16-19-43)44-22-29(24-8-7-9-25(20-24)36(38)50)28-14-13-26(21-31(28)44)40-34(46)12-3-2-6-17-39-33(45)11-5-4-10-32-35-30(23-51-32)41-37(47)42-35/h7-9,13-14,20-22,27,30,32,35,37,41-42,47H,2-6,10-12,15-19,23H2,1H3,(H2,38,50)(H,39,45)(H,40,46)/t30-,32-,35-,37?/m0/s1. The second-order valence-corrected chi connectivity index (χ2v) is 17.9. The first kappa shape index (κ1) is 38.7. The summed E-state index contributed by atoms with van der Waals surface area (Å²) in [4.78, 5) is 25.6. The highest BCUT2D eigenvalue weighted by Crippen LogP contribution is 2.37. The van der Waals surface area contributed by atoms with Crippen molar-refractivity contribution in [2.24, 2.45) is 5.73 Å². The number of anilines is 1. The Morgan fingerprint density at radius 1 is 1.02 bits per heavy atom. The molecule has 0 radical (unpaired) electrons. The van der Waals surface area contributed by atoms with Gasteiger partial charge in [-0.3, -0.25) is 20.2 Å². The van der Waals surface area contributed by atoms with Crippen LogP contribution in [0.1, 0.15) is 75.8 Å². The van der Waals surface area contributed by atoms with E-state index in [9.17, 15) is 23.1 Å². The lowest BCUT2D eigenvalue weighted by molar-refractivity contribution is -0.121. The van der Waals surface area contributed by atoms with Crippen LogP contribution in [0.15, 0.2) is 48.7 Å². The summed E-state index contributed by atoms with van der Waals surface area (Å²) in [5.74, 6) is 1.02. The van der Waals surface area contributed by atoms with E-state index >= 15 is 0 Å². The van der Waals surface area contributed by atoms with E-state index in [1.165, 1.54) is 10.6 Å². The lowest BCUT2D eigenvalue weighted by Gasteiger charge is -2.31. The number of hydrogen-bond acceptors (Lipinski definition) is 9. The van der Waals surface area contributed by atoms with Crippen LogP contribution in [0, 0.1) is 0 Å². The zero-order valence-electron chi connectivity index (χ0n) is 29.7. The van der Waals surface area contributed by atoms with E-state index in [4.69, 9.17) is 18.0 Å². The summed E-state index contributed by atoms with van der Waals surface area (Å²) in [5.41, 5.74) is 10.4. The Bertz CT molecular complexity index is 1860. The van der Waals surface area contributed by atoms with Crippen molar-refractivity contribution in [3.8, 4) is 11.1 Å². The molecule has 4 atom stereocenters. The van der Waals surface area contributed by atoms with E-state index < -0.39 is 16.4 Å². The third kappa shape index (κ3) is 9.73. The van der Waals surface area contributed by atoms with E-state index in [0.717, 1.165) is 71.9 Å². The van der Waals surface area contributed by atoms with Crippen LogP contribution in [-0.4, -0.2) is 94.5 Å². The molecule has 3 aliphatic heterocycles. The number of carbonyl (C=O) groups excluding carboxylic acids is 2. The second kappa shape index (κ2) is 17.4. The minimum atomic E-state index is -3.25. The molecule has 3 aliphatic rings. The fourth-order valence-corrected chi connectivity index (χ4v) is 10.2. The quantitative estimate of drug-likeness (QED) is 0.0924. The number of unbranched alkanes of at least 4 members (excludes halogenated alkanes) is 3. The van der Waals surface area contributed by atoms with E-state index in [0.29, 0.717) is 73.3 Å². The Morgan fingerprint density at radius 3 is 2.56 bits per heavy atom. The number of amides is 2. The number of benzene rings is 2. The summed E-state index contributed by atoms with van der Waals surface area (Å²) in [7, 11) is -3.25. The second-order valence-electron chi connectivity index (χ2n) is 14.2. The number of hydrogen-bond donors (Lipinski definition) is 6. The molecule has 3 fully saturated rings. The number of nitrogens with one attached hydrogen (secondary N) is 4. The van der Waals surface area contributed by atoms with Gasteiger partial charge in [0.25, 0.3) is 0 Å². The maximum absolute atomic E-state index is 13.0. The van der Waals surface area contributed by atoms with Gasteiger partial charge >= 0.3 is 0 Å². The number of nitrogens with zero attached hydrogens (tertiary/aromatic N) is 2. The molecule has 52 heavy (non-hydrogen) atoms. The van der Waals surface area contributed by atoms with Gasteiger partial charge in [0.15, 0.2) is 6.35 Å².